The van der Waals surface area contributed by atoms with E-state index in [1.165, 1.54) is 81.0 Å². The van der Waals surface area contributed by atoms with Gasteiger partial charge in [-0.25, -0.2) is 0 Å². The smallest absolute Gasteiger partial charge is 0.299 e. The number of fused-ring (bicyclic) bond motifs is 2. The maximum atomic E-state index is 10.8. The molecular formula is C48H50N2O4S2. The fourth-order valence-electron chi connectivity index (χ4n) is 7.61. The molecule has 56 heavy (non-hydrogen) atoms. The van der Waals surface area contributed by atoms with Crippen molar-refractivity contribution in [3.8, 4) is 28.0 Å². The molecule has 0 fully saturated rings. The highest BCUT2D eigenvalue weighted by Crippen LogP contribution is 2.50. The van der Waals surface area contributed by atoms with Crippen molar-refractivity contribution in [1.29, 1.82) is 5.26 Å². The molecule has 2 aliphatic rings. The Labute approximate surface area is 339 Å². The molecule has 0 unspecified atom stereocenters. The number of benzene rings is 3. The van der Waals surface area contributed by atoms with Crippen LogP contribution >= 0.6 is 22.7 Å². The zero-order valence-corrected chi connectivity index (χ0v) is 34.1. The molecule has 288 valence electrons. The van der Waals surface area contributed by atoms with Crippen molar-refractivity contribution in [2.75, 3.05) is 18.1 Å². The van der Waals surface area contributed by atoms with Crippen LogP contribution in [0.25, 0.3) is 27.7 Å². The van der Waals surface area contributed by atoms with E-state index in [4.69, 9.17) is 14.2 Å². The SMILES string of the molecule is CCCCCCOc1ccc(N(c2ccc(OCCCCCC)cc2)c2ccc(-c3cc4c(s3)/C(=C3\CCc5cc(/C=C(\C#N)OC=O)sc53)CC4)cc2)cc1. The van der Waals surface area contributed by atoms with Crippen LogP contribution < -0.4 is 14.4 Å². The monoisotopic (exact) mass is 782 g/mol. The van der Waals surface area contributed by atoms with Gasteiger partial charge in [0.2, 0.25) is 5.76 Å². The van der Waals surface area contributed by atoms with Gasteiger partial charge in [-0.15, -0.1) is 22.7 Å². The van der Waals surface area contributed by atoms with Crippen molar-refractivity contribution in [3.63, 3.8) is 0 Å². The maximum Gasteiger partial charge on any atom is 0.299 e. The number of carbonyl (C=O) groups excluding carboxylic acids is 1. The molecule has 0 radical (unpaired) electrons. The summed E-state index contributed by atoms with van der Waals surface area (Å²) >= 11 is 3.58. The number of aryl methyl sites for hydroxylation is 2. The van der Waals surface area contributed by atoms with Crippen LogP contribution in [0.3, 0.4) is 0 Å². The Hall–Kier alpha value is -5.10. The van der Waals surface area contributed by atoms with Gasteiger partial charge in [-0.3, -0.25) is 4.79 Å². The van der Waals surface area contributed by atoms with Gasteiger partial charge in [0.25, 0.3) is 6.47 Å². The van der Waals surface area contributed by atoms with Crippen molar-refractivity contribution in [2.45, 2.75) is 90.9 Å². The van der Waals surface area contributed by atoms with E-state index in [0.717, 1.165) is 85.2 Å². The molecule has 6 nitrogen and oxygen atoms in total. The fourth-order valence-corrected chi connectivity index (χ4v) is 10.2. The third-order valence-electron chi connectivity index (χ3n) is 10.5. The topological polar surface area (TPSA) is 71.8 Å². The summed E-state index contributed by atoms with van der Waals surface area (Å²) in [5.41, 5.74) is 10.1. The first-order valence-corrected chi connectivity index (χ1v) is 21.8. The van der Waals surface area contributed by atoms with E-state index < -0.39 is 0 Å². The number of nitriles is 1. The van der Waals surface area contributed by atoms with Crippen LogP contribution in [0, 0.1) is 11.3 Å². The Morgan fingerprint density at radius 3 is 1.71 bits per heavy atom. The van der Waals surface area contributed by atoms with E-state index in [-0.39, 0.29) is 5.76 Å². The third kappa shape index (κ3) is 9.29. The molecule has 2 aliphatic carbocycles. The van der Waals surface area contributed by atoms with Crippen LogP contribution in [0.5, 0.6) is 11.5 Å². The minimum atomic E-state index is 0.0151. The first kappa shape index (κ1) is 39.1. The average Bonchev–Trinajstić information content (AvgIpc) is 4.01. The number of rotatable bonds is 19. The highest BCUT2D eigenvalue weighted by atomic mass is 32.1. The lowest BCUT2D eigenvalue weighted by molar-refractivity contribution is -0.124. The van der Waals surface area contributed by atoms with Crippen molar-refractivity contribution in [2.24, 2.45) is 0 Å². The minimum absolute atomic E-state index is 0.0151. The number of thiophene rings is 2. The molecule has 2 aromatic heterocycles. The summed E-state index contributed by atoms with van der Waals surface area (Å²) in [5.74, 6) is 1.81. The summed E-state index contributed by atoms with van der Waals surface area (Å²) in [6.45, 7) is 6.25. The van der Waals surface area contributed by atoms with Crippen LogP contribution in [-0.2, 0) is 22.4 Å². The van der Waals surface area contributed by atoms with Gasteiger partial charge >= 0.3 is 0 Å². The summed E-state index contributed by atoms with van der Waals surface area (Å²) < 4.78 is 17.0. The Morgan fingerprint density at radius 1 is 0.679 bits per heavy atom. The van der Waals surface area contributed by atoms with Gasteiger partial charge in [0.1, 0.15) is 17.6 Å². The molecule has 0 aliphatic heterocycles. The van der Waals surface area contributed by atoms with Crippen LogP contribution in [0.2, 0.25) is 0 Å². The summed E-state index contributed by atoms with van der Waals surface area (Å²) in [6.07, 6.45) is 15.3. The van der Waals surface area contributed by atoms with Crippen LogP contribution in [0.4, 0.5) is 17.1 Å². The molecule has 2 heterocycles. The second-order valence-corrected chi connectivity index (χ2v) is 16.6. The zero-order valence-electron chi connectivity index (χ0n) is 32.5. The molecule has 0 bridgehead atoms. The molecule has 5 aromatic rings. The maximum absolute atomic E-state index is 10.8. The Balaban J connectivity index is 1.12. The Bertz CT molecular complexity index is 2130. The Morgan fingerprint density at radius 2 is 1.20 bits per heavy atom. The molecule has 0 saturated heterocycles. The molecule has 7 rings (SSSR count). The van der Waals surface area contributed by atoms with Crippen molar-refractivity contribution in [1.82, 2.24) is 0 Å². The summed E-state index contributed by atoms with van der Waals surface area (Å²) in [6, 6.07) is 32.3. The largest absolute Gasteiger partial charge is 0.494 e. The minimum Gasteiger partial charge on any atom is -0.494 e. The van der Waals surface area contributed by atoms with Gasteiger partial charge in [-0.1, -0.05) is 64.5 Å². The number of ether oxygens (including phenoxy) is 3. The first-order valence-electron chi connectivity index (χ1n) is 20.1. The van der Waals surface area contributed by atoms with Gasteiger partial charge in [-0.05, 0) is 139 Å². The summed E-state index contributed by atoms with van der Waals surface area (Å²) in [7, 11) is 0. The number of allylic oxidation sites excluding steroid dienone is 3. The quantitative estimate of drug-likeness (QED) is 0.0359. The Kier molecular flexibility index (Phi) is 13.4. The number of unbranched alkanes of at least 4 members (excludes halogenated alkanes) is 6. The van der Waals surface area contributed by atoms with Gasteiger partial charge in [0, 0.05) is 42.6 Å². The number of hydrogen-bond donors (Lipinski definition) is 0. The van der Waals surface area contributed by atoms with Crippen molar-refractivity contribution in [3.05, 3.63) is 116 Å². The molecule has 0 amide bonds. The second kappa shape index (κ2) is 19.2. The molecular weight excluding hydrogens is 733 g/mol. The second-order valence-electron chi connectivity index (χ2n) is 14.4. The number of anilines is 3. The number of carbonyl (C=O) groups is 1. The van der Waals surface area contributed by atoms with Gasteiger partial charge in [-0.2, -0.15) is 5.26 Å². The van der Waals surface area contributed by atoms with Crippen LogP contribution in [-0.4, -0.2) is 19.7 Å². The predicted octanol–water partition coefficient (Wildman–Crippen LogP) is 13.7. The highest BCUT2D eigenvalue weighted by Gasteiger charge is 2.29. The molecule has 0 saturated carbocycles. The first-order chi connectivity index (χ1) is 27.6. The lowest BCUT2D eigenvalue weighted by Gasteiger charge is -2.26. The molecule has 0 atom stereocenters. The van der Waals surface area contributed by atoms with Gasteiger partial charge in [0.15, 0.2) is 0 Å². The van der Waals surface area contributed by atoms with Crippen LogP contribution in [0.1, 0.15) is 104 Å². The summed E-state index contributed by atoms with van der Waals surface area (Å²) in [4.78, 5) is 18.0. The highest BCUT2D eigenvalue weighted by molar-refractivity contribution is 7.17. The van der Waals surface area contributed by atoms with E-state index >= 15 is 0 Å². The molecule has 0 spiro atoms. The lowest BCUT2D eigenvalue weighted by atomic mass is 10.1. The van der Waals surface area contributed by atoms with Gasteiger partial charge < -0.3 is 19.1 Å². The fraction of sp³-hybridized carbons (Fsp3) is 0.333. The van der Waals surface area contributed by atoms with Crippen molar-refractivity contribution >= 4 is 63.4 Å². The molecule has 0 N–H and O–H groups in total. The van der Waals surface area contributed by atoms with Gasteiger partial charge in [0.05, 0.1) is 13.2 Å². The average molecular weight is 783 g/mol. The molecule has 3 aromatic carbocycles. The molecule has 8 heteroatoms. The van der Waals surface area contributed by atoms with Crippen LogP contribution in [0.15, 0.2) is 90.7 Å². The third-order valence-corrected chi connectivity index (χ3v) is 13.0. The standard InChI is InChI=1S/C48H50N2O4S2/c1-3-5-7-9-27-52-40-21-17-38(18-22-40)50(39-19-23-41(24-20-39)53-28-10-8-6-4-2)37-15-11-34(12-16-37)46-30-36-14-26-45(48(36)56-46)44-25-13-35-29-43(55-47(35)44)31-42(32-49)54-33-51/h11-12,15-24,29-31,33H,3-10,13-14,25-28H2,1-2H3/b42-31+,45-44+. The number of nitrogens with zero attached hydrogens (tertiary/aromatic N) is 2. The zero-order chi connectivity index (χ0) is 38.7. The predicted molar refractivity (Wildman–Crippen MR) is 232 cm³/mol. The van der Waals surface area contributed by atoms with E-state index in [9.17, 15) is 10.1 Å². The summed E-state index contributed by atoms with van der Waals surface area (Å²) in [5, 5.41) is 9.33. The lowest BCUT2D eigenvalue weighted by Crippen LogP contribution is -2.10. The number of hydrogen-bond acceptors (Lipinski definition) is 8. The van der Waals surface area contributed by atoms with E-state index in [0.29, 0.717) is 6.47 Å². The van der Waals surface area contributed by atoms with E-state index in [1.54, 1.807) is 17.4 Å². The van der Waals surface area contributed by atoms with Crippen molar-refractivity contribution < 1.29 is 19.0 Å². The normalized spacial score (nSPS) is 14.6. The van der Waals surface area contributed by atoms with E-state index in [1.807, 2.05) is 17.4 Å². The van der Waals surface area contributed by atoms with E-state index in [2.05, 4.69) is 104 Å².